The van der Waals surface area contributed by atoms with Crippen LogP contribution >= 0.6 is 0 Å². The normalized spacial score (nSPS) is 24.3. The Morgan fingerprint density at radius 3 is 2.61 bits per heavy atom. The van der Waals surface area contributed by atoms with Crippen LogP contribution in [0.4, 0.5) is 5.82 Å². The van der Waals surface area contributed by atoms with Gasteiger partial charge in [0, 0.05) is 69.8 Å². The van der Waals surface area contributed by atoms with Gasteiger partial charge in [0.15, 0.2) is 0 Å². The summed E-state index contributed by atoms with van der Waals surface area (Å²) in [5.41, 5.74) is 2.50. The molecule has 2 aliphatic heterocycles. The Hall–Kier alpha value is -1.95. The van der Waals surface area contributed by atoms with Gasteiger partial charge in [-0.3, -0.25) is 4.68 Å². The lowest BCUT2D eigenvalue weighted by Crippen LogP contribution is -2.31. The van der Waals surface area contributed by atoms with Gasteiger partial charge in [-0.2, -0.15) is 5.10 Å². The van der Waals surface area contributed by atoms with E-state index >= 15 is 0 Å². The number of rotatable bonds is 4. The van der Waals surface area contributed by atoms with Crippen molar-refractivity contribution in [3.63, 3.8) is 0 Å². The minimum absolute atomic E-state index is 0.774. The van der Waals surface area contributed by atoms with Crippen molar-refractivity contribution in [1.29, 1.82) is 0 Å². The van der Waals surface area contributed by atoms with Crippen molar-refractivity contribution in [3.8, 4) is 0 Å². The zero-order valence-corrected chi connectivity index (χ0v) is 13.9. The number of hydrogen-bond donors (Lipinski definition) is 0. The molecule has 0 saturated carbocycles. The molecule has 2 fully saturated rings. The molecule has 0 bridgehead atoms. The Kier molecular flexibility index (Phi) is 3.77. The van der Waals surface area contributed by atoms with Crippen LogP contribution in [0.2, 0.25) is 0 Å². The molecule has 0 aromatic carbocycles. The first kappa shape index (κ1) is 14.6. The van der Waals surface area contributed by atoms with Gasteiger partial charge in [0.2, 0.25) is 0 Å². The summed E-state index contributed by atoms with van der Waals surface area (Å²) in [6.07, 6.45) is 6.55. The first-order valence-corrected chi connectivity index (χ1v) is 8.41. The highest BCUT2D eigenvalue weighted by atomic mass is 15.3. The second-order valence-corrected chi connectivity index (χ2v) is 6.91. The molecule has 0 aliphatic carbocycles. The van der Waals surface area contributed by atoms with Crippen molar-refractivity contribution in [2.24, 2.45) is 18.9 Å². The zero-order chi connectivity index (χ0) is 15.8. The summed E-state index contributed by atoms with van der Waals surface area (Å²) in [6.45, 7) is 7.92. The Balaban J connectivity index is 1.33. The van der Waals surface area contributed by atoms with Crippen molar-refractivity contribution in [2.45, 2.75) is 13.3 Å². The highest BCUT2D eigenvalue weighted by Crippen LogP contribution is 2.34. The Bertz CT molecular complexity index is 667. The SMILES string of the molecule is Cc1cncnc1N1CC2CN(CCc3ccnn3C)CC2C1. The zero-order valence-electron chi connectivity index (χ0n) is 13.9. The smallest absolute Gasteiger partial charge is 0.134 e. The maximum absolute atomic E-state index is 4.48. The number of aryl methyl sites for hydroxylation is 2. The highest BCUT2D eigenvalue weighted by Gasteiger charge is 2.40. The van der Waals surface area contributed by atoms with Gasteiger partial charge in [-0.25, -0.2) is 9.97 Å². The monoisotopic (exact) mass is 312 g/mol. The molecule has 6 heteroatoms. The van der Waals surface area contributed by atoms with Crippen molar-refractivity contribution >= 4 is 5.82 Å². The molecular weight excluding hydrogens is 288 g/mol. The number of hydrogen-bond acceptors (Lipinski definition) is 5. The van der Waals surface area contributed by atoms with Crippen molar-refractivity contribution in [2.75, 3.05) is 37.6 Å². The Morgan fingerprint density at radius 1 is 1.17 bits per heavy atom. The van der Waals surface area contributed by atoms with E-state index in [-0.39, 0.29) is 0 Å². The molecule has 2 atom stereocenters. The molecule has 0 N–H and O–H groups in total. The second-order valence-electron chi connectivity index (χ2n) is 6.91. The Labute approximate surface area is 137 Å². The molecule has 2 saturated heterocycles. The molecule has 0 spiro atoms. The summed E-state index contributed by atoms with van der Waals surface area (Å²) >= 11 is 0. The summed E-state index contributed by atoms with van der Waals surface area (Å²) in [4.78, 5) is 13.6. The van der Waals surface area contributed by atoms with Gasteiger partial charge < -0.3 is 9.80 Å². The number of fused-ring (bicyclic) bond motifs is 1. The van der Waals surface area contributed by atoms with Crippen molar-refractivity contribution in [3.05, 3.63) is 36.0 Å². The maximum atomic E-state index is 4.48. The van der Waals surface area contributed by atoms with Gasteiger partial charge in [0.1, 0.15) is 12.1 Å². The van der Waals surface area contributed by atoms with Crippen LogP contribution in [-0.4, -0.2) is 57.4 Å². The molecular formula is C17H24N6. The molecule has 2 aromatic heterocycles. The van der Waals surface area contributed by atoms with Crippen LogP contribution in [0.3, 0.4) is 0 Å². The molecule has 0 radical (unpaired) electrons. The molecule has 0 amide bonds. The lowest BCUT2D eigenvalue weighted by atomic mass is 10.0. The highest BCUT2D eigenvalue weighted by molar-refractivity contribution is 5.46. The first-order chi connectivity index (χ1) is 11.2. The average Bonchev–Trinajstić information content (AvgIpc) is 3.20. The Morgan fingerprint density at radius 2 is 1.96 bits per heavy atom. The van der Waals surface area contributed by atoms with Gasteiger partial charge in [-0.1, -0.05) is 0 Å². The fraction of sp³-hybridized carbons (Fsp3) is 0.588. The number of likely N-dealkylation sites (tertiary alicyclic amines) is 1. The number of nitrogens with zero attached hydrogens (tertiary/aromatic N) is 6. The first-order valence-electron chi connectivity index (χ1n) is 8.41. The van der Waals surface area contributed by atoms with Crippen LogP contribution in [0.15, 0.2) is 24.8 Å². The van der Waals surface area contributed by atoms with E-state index in [1.54, 1.807) is 6.33 Å². The van der Waals surface area contributed by atoms with E-state index in [0.717, 1.165) is 43.7 Å². The lowest BCUT2D eigenvalue weighted by Gasteiger charge is -2.23. The van der Waals surface area contributed by atoms with Crippen LogP contribution in [0, 0.1) is 18.8 Å². The fourth-order valence-electron chi connectivity index (χ4n) is 4.09. The van der Waals surface area contributed by atoms with Crippen LogP contribution in [0.25, 0.3) is 0 Å². The van der Waals surface area contributed by atoms with E-state index < -0.39 is 0 Å². The molecule has 4 rings (SSSR count). The van der Waals surface area contributed by atoms with Crippen molar-refractivity contribution < 1.29 is 0 Å². The molecule has 2 aliphatic rings. The van der Waals surface area contributed by atoms with E-state index in [4.69, 9.17) is 0 Å². The van der Waals surface area contributed by atoms with E-state index in [1.165, 1.54) is 24.3 Å². The predicted molar refractivity (Wildman–Crippen MR) is 89.3 cm³/mol. The van der Waals surface area contributed by atoms with Gasteiger partial charge in [0.05, 0.1) is 0 Å². The van der Waals surface area contributed by atoms with Gasteiger partial charge >= 0.3 is 0 Å². The number of anilines is 1. The molecule has 2 unspecified atom stereocenters. The van der Waals surface area contributed by atoms with Crippen LogP contribution < -0.4 is 4.90 Å². The maximum Gasteiger partial charge on any atom is 0.134 e. The summed E-state index contributed by atoms with van der Waals surface area (Å²) in [6, 6.07) is 2.12. The number of aromatic nitrogens is 4. The molecule has 122 valence electrons. The van der Waals surface area contributed by atoms with E-state index in [9.17, 15) is 0 Å². The molecule has 23 heavy (non-hydrogen) atoms. The summed E-state index contributed by atoms with van der Waals surface area (Å²) < 4.78 is 1.98. The molecule has 2 aromatic rings. The second kappa shape index (κ2) is 5.92. The van der Waals surface area contributed by atoms with Crippen molar-refractivity contribution in [1.82, 2.24) is 24.6 Å². The summed E-state index contributed by atoms with van der Waals surface area (Å²) in [5, 5.41) is 4.25. The third-order valence-corrected chi connectivity index (χ3v) is 5.34. The average molecular weight is 312 g/mol. The van der Waals surface area contributed by atoms with Gasteiger partial charge in [-0.05, 0) is 24.8 Å². The standard InChI is InChI=1S/C17H24N6/c1-13-7-18-12-19-17(13)23-10-14-8-22(9-15(14)11-23)6-4-16-3-5-20-21(16)2/h3,5,7,12,14-15H,4,6,8-11H2,1-2H3. The van der Waals surface area contributed by atoms with E-state index in [1.807, 2.05) is 24.1 Å². The predicted octanol–water partition coefficient (Wildman–Crippen LogP) is 1.13. The fourth-order valence-corrected chi connectivity index (χ4v) is 4.09. The molecule has 6 nitrogen and oxygen atoms in total. The quantitative estimate of drug-likeness (QED) is 0.847. The lowest BCUT2D eigenvalue weighted by molar-refractivity contribution is 0.318. The minimum Gasteiger partial charge on any atom is -0.356 e. The van der Waals surface area contributed by atoms with Gasteiger partial charge in [-0.15, -0.1) is 0 Å². The molecule has 4 heterocycles. The summed E-state index contributed by atoms with van der Waals surface area (Å²) in [5.74, 6) is 2.67. The van der Waals surface area contributed by atoms with Gasteiger partial charge in [0.25, 0.3) is 0 Å². The summed E-state index contributed by atoms with van der Waals surface area (Å²) in [7, 11) is 2.02. The van der Waals surface area contributed by atoms with E-state index in [2.05, 4.69) is 37.9 Å². The third-order valence-electron chi connectivity index (χ3n) is 5.34. The van der Waals surface area contributed by atoms with Crippen LogP contribution in [0.5, 0.6) is 0 Å². The van der Waals surface area contributed by atoms with Crippen LogP contribution in [-0.2, 0) is 13.5 Å². The van der Waals surface area contributed by atoms with E-state index in [0.29, 0.717) is 0 Å². The topological polar surface area (TPSA) is 50.1 Å². The third kappa shape index (κ3) is 2.83. The van der Waals surface area contributed by atoms with Crippen LogP contribution in [0.1, 0.15) is 11.3 Å². The minimum atomic E-state index is 0.774. The largest absolute Gasteiger partial charge is 0.356 e.